The average Bonchev–Trinajstić information content (AvgIpc) is 2.33. The standard InChI is InChI=1S/C12H21N3O2/c1-4-11-9-12(14-10(2)13-11)15(3)5-7-17-8-6-16/h9,16H,4-8H2,1-3H3. The lowest BCUT2D eigenvalue weighted by Gasteiger charge is -2.18. The van der Waals surface area contributed by atoms with E-state index in [1.807, 2.05) is 24.9 Å². The summed E-state index contributed by atoms with van der Waals surface area (Å²) in [7, 11) is 1.98. The number of hydrogen-bond donors (Lipinski definition) is 1. The fraction of sp³-hybridized carbons (Fsp3) is 0.667. The van der Waals surface area contributed by atoms with Crippen molar-refractivity contribution in [3.63, 3.8) is 0 Å². The Morgan fingerprint density at radius 2 is 2.12 bits per heavy atom. The van der Waals surface area contributed by atoms with Gasteiger partial charge in [0.2, 0.25) is 0 Å². The number of anilines is 1. The highest BCUT2D eigenvalue weighted by molar-refractivity contribution is 5.38. The first-order valence-corrected chi connectivity index (χ1v) is 5.91. The lowest BCUT2D eigenvalue weighted by atomic mass is 10.3. The molecule has 0 amide bonds. The molecule has 1 heterocycles. The van der Waals surface area contributed by atoms with Crippen LogP contribution in [0.2, 0.25) is 0 Å². The largest absolute Gasteiger partial charge is 0.394 e. The van der Waals surface area contributed by atoms with Crippen LogP contribution in [0.4, 0.5) is 5.82 Å². The molecule has 5 nitrogen and oxygen atoms in total. The van der Waals surface area contributed by atoms with Gasteiger partial charge in [-0.1, -0.05) is 6.92 Å². The van der Waals surface area contributed by atoms with Crippen LogP contribution in [-0.2, 0) is 11.2 Å². The maximum atomic E-state index is 8.59. The number of rotatable bonds is 7. The molecule has 1 N–H and O–H groups in total. The Bertz CT molecular complexity index is 345. The van der Waals surface area contributed by atoms with Crippen molar-refractivity contribution in [3.8, 4) is 0 Å². The van der Waals surface area contributed by atoms with E-state index in [0.717, 1.165) is 30.3 Å². The van der Waals surface area contributed by atoms with Crippen LogP contribution < -0.4 is 4.90 Å². The second kappa shape index (κ2) is 7.19. The van der Waals surface area contributed by atoms with Crippen molar-refractivity contribution < 1.29 is 9.84 Å². The number of aromatic nitrogens is 2. The van der Waals surface area contributed by atoms with Crippen LogP contribution in [0.25, 0.3) is 0 Å². The van der Waals surface area contributed by atoms with Gasteiger partial charge in [0.05, 0.1) is 19.8 Å². The highest BCUT2D eigenvalue weighted by Gasteiger charge is 2.05. The molecule has 0 saturated carbocycles. The summed E-state index contributed by atoms with van der Waals surface area (Å²) in [6.07, 6.45) is 0.908. The second-order valence-electron chi connectivity index (χ2n) is 3.88. The summed E-state index contributed by atoms with van der Waals surface area (Å²) in [6, 6.07) is 2.00. The molecule has 0 bridgehead atoms. The van der Waals surface area contributed by atoms with Crippen LogP contribution in [0.15, 0.2) is 6.07 Å². The van der Waals surface area contributed by atoms with Gasteiger partial charge in [-0.2, -0.15) is 0 Å². The van der Waals surface area contributed by atoms with Crippen molar-refractivity contribution in [2.24, 2.45) is 0 Å². The minimum absolute atomic E-state index is 0.0658. The van der Waals surface area contributed by atoms with Crippen LogP contribution in [-0.4, -0.2) is 48.5 Å². The highest BCUT2D eigenvalue weighted by Crippen LogP contribution is 2.11. The molecule has 0 atom stereocenters. The molecule has 1 aromatic rings. The van der Waals surface area contributed by atoms with E-state index in [1.165, 1.54) is 0 Å². The summed E-state index contributed by atoms with van der Waals surface area (Å²) < 4.78 is 5.23. The molecular weight excluding hydrogens is 218 g/mol. The summed E-state index contributed by atoms with van der Waals surface area (Å²) in [6.45, 7) is 5.77. The monoisotopic (exact) mass is 239 g/mol. The molecule has 0 aliphatic carbocycles. The van der Waals surface area contributed by atoms with Gasteiger partial charge < -0.3 is 14.7 Å². The van der Waals surface area contributed by atoms with Crippen molar-refractivity contribution in [2.45, 2.75) is 20.3 Å². The third kappa shape index (κ3) is 4.66. The maximum absolute atomic E-state index is 8.59. The molecular formula is C12H21N3O2. The maximum Gasteiger partial charge on any atom is 0.132 e. The van der Waals surface area contributed by atoms with Gasteiger partial charge in [-0.05, 0) is 13.3 Å². The van der Waals surface area contributed by atoms with Gasteiger partial charge in [-0.25, -0.2) is 9.97 Å². The van der Waals surface area contributed by atoms with Crippen LogP contribution in [0.5, 0.6) is 0 Å². The summed E-state index contributed by atoms with van der Waals surface area (Å²) >= 11 is 0. The number of hydrogen-bond acceptors (Lipinski definition) is 5. The van der Waals surface area contributed by atoms with Gasteiger partial charge in [-0.3, -0.25) is 0 Å². The molecule has 5 heteroatoms. The van der Waals surface area contributed by atoms with E-state index < -0.39 is 0 Å². The fourth-order valence-corrected chi connectivity index (χ4v) is 1.47. The van der Waals surface area contributed by atoms with Crippen molar-refractivity contribution in [3.05, 3.63) is 17.6 Å². The molecule has 1 aromatic heterocycles. The molecule has 0 aromatic carbocycles. The summed E-state index contributed by atoms with van der Waals surface area (Å²) in [5, 5.41) is 8.59. The first-order valence-electron chi connectivity index (χ1n) is 5.91. The first kappa shape index (κ1) is 13.9. The molecule has 0 spiro atoms. The van der Waals surface area contributed by atoms with Gasteiger partial charge in [0.25, 0.3) is 0 Å². The van der Waals surface area contributed by atoms with Crippen molar-refractivity contribution in [1.29, 1.82) is 0 Å². The Hall–Kier alpha value is -1.20. The third-order valence-corrected chi connectivity index (χ3v) is 2.44. The molecule has 0 saturated heterocycles. The fourth-order valence-electron chi connectivity index (χ4n) is 1.47. The first-order chi connectivity index (χ1) is 8.17. The van der Waals surface area contributed by atoms with Crippen LogP contribution in [0, 0.1) is 6.92 Å². The lowest BCUT2D eigenvalue weighted by molar-refractivity contribution is 0.0970. The Balaban J connectivity index is 2.55. The Morgan fingerprint density at radius 3 is 2.76 bits per heavy atom. The summed E-state index contributed by atoms with van der Waals surface area (Å²) in [5.74, 6) is 1.71. The summed E-state index contributed by atoms with van der Waals surface area (Å²) in [5.41, 5.74) is 1.05. The molecule has 17 heavy (non-hydrogen) atoms. The molecule has 0 aliphatic heterocycles. The van der Waals surface area contributed by atoms with Crippen LogP contribution in [0.1, 0.15) is 18.4 Å². The van der Waals surface area contributed by atoms with Crippen LogP contribution >= 0.6 is 0 Å². The predicted octanol–water partition coefficient (Wildman–Crippen LogP) is 0.793. The SMILES string of the molecule is CCc1cc(N(C)CCOCCO)nc(C)n1. The smallest absolute Gasteiger partial charge is 0.132 e. The van der Waals surface area contributed by atoms with E-state index >= 15 is 0 Å². The normalized spacial score (nSPS) is 10.6. The van der Waals surface area contributed by atoms with E-state index in [9.17, 15) is 0 Å². The molecule has 0 fully saturated rings. The average molecular weight is 239 g/mol. The Kier molecular flexibility index (Phi) is 5.86. The number of nitrogens with zero attached hydrogens (tertiary/aromatic N) is 3. The van der Waals surface area contributed by atoms with Crippen molar-refractivity contribution >= 4 is 5.82 Å². The van der Waals surface area contributed by atoms with Gasteiger partial charge in [-0.15, -0.1) is 0 Å². The Morgan fingerprint density at radius 1 is 1.35 bits per heavy atom. The number of aliphatic hydroxyl groups is 1. The van der Waals surface area contributed by atoms with E-state index in [-0.39, 0.29) is 6.61 Å². The quantitative estimate of drug-likeness (QED) is 0.713. The number of aliphatic hydroxyl groups excluding tert-OH is 1. The lowest BCUT2D eigenvalue weighted by Crippen LogP contribution is -2.24. The zero-order valence-electron chi connectivity index (χ0n) is 10.8. The molecule has 0 radical (unpaired) electrons. The van der Waals surface area contributed by atoms with E-state index in [1.54, 1.807) is 0 Å². The van der Waals surface area contributed by atoms with Gasteiger partial charge in [0, 0.05) is 25.4 Å². The van der Waals surface area contributed by atoms with E-state index in [0.29, 0.717) is 13.2 Å². The van der Waals surface area contributed by atoms with Crippen molar-refractivity contribution in [1.82, 2.24) is 9.97 Å². The Labute approximate surface area is 102 Å². The third-order valence-electron chi connectivity index (χ3n) is 2.44. The minimum atomic E-state index is 0.0658. The van der Waals surface area contributed by atoms with Gasteiger partial charge >= 0.3 is 0 Å². The van der Waals surface area contributed by atoms with E-state index in [2.05, 4.69) is 16.9 Å². The molecule has 0 unspecified atom stereocenters. The predicted molar refractivity (Wildman–Crippen MR) is 67.3 cm³/mol. The molecule has 0 aliphatic rings. The van der Waals surface area contributed by atoms with Crippen molar-refractivity contribution in [2.75, 3.05) is 38.3 Å². The topological polar surface area (TPSA) is 58.5 Å². The van der Waals surface area contributed by atoms with Gasteiger partial charge in [0.15, 0.2) is 0 Å². The van der Waals surface area contributed by atoms with Crippen LogP contribution in [0.3, 0.4) is 0 Å². The van der Waals surface area contributed by atoms with Gasteiger partial charge in [0.1, 0.15) is 11.6 Å². The minimum Gasteiger partial charge on any atom is -0.394 e. The second-order valence-corrected chi connectivity index (χ2v) is 3.88. The zero-order chi connectivity index (χ0) is 12.7. The number of likely N-dealkylation sites (N-methyl/N-ethyl adjacent to an activating group) is 1. The number of ether oxygens (including phenoxy) is 1. The highest BCUT2D eigenvalue weighted by atomic mass is 16.5. The molecule has 96 valence electrons. The zero-order valence-corrected chi connectivity index (χ0v) is 10.8. The molecule has 1 rings (SSSR count). The van der Waals surface area contributed by atoms with E-state index in [4.69, 9.17) is 9.84 Å². The number of aryl methyl sites for hydroxylation is 2. The summed E-state index contributed by atoms with van der Waals surface area (Å²) in [4.78, 5) is 10.8.